The molecule has 124 valence electrons. The summed E-state index contributed by atoms with van der Waals surface area (Å²) in [5.41, 5.74) is 3.40. The molecule has 0 amide bonds. The maximum absolute atomic E-state index is 5.21. The second kappa shape index (κ2) is 6.22. The minimum Gasteiger partial charge on any atom is -0.360 e. The zero-order chi connectivity index (χ0) is 16.6. The van der Waals surface area contributed by atoms with Crippen LogP contribution in [-0.4, -0.2) is 33.0 Å². The standard InChI is InChI=1S/C18H26N4O/c1-12-7-6-8-13(2)22(12)19-11-17-9-14(3)21(16(17)5)18-10-15(4)23-20-18/h9-13H,6-8H2,1-5H3/b19-11-/t12-,13-/m0/s1. The number of rotatable bonds is 3. The van der Waals surface area contributed by atoms with Crippen LogP contribution in [0.1, 0.15) is 55.8 Å². The van der Waals surface area contributed by atoms with Crippen LogP contribution in [0, 0.1) is 20.8 Å². The van der Waals surface area contributed by atoms with Crippen molar-refractivity contribution >= 4 is 6.21 Å². The minimum absolute atomic E-state index is 0.511. The van der Waals surface area contributed by atoms with Crippen molar-refractivity contribution in [2.75, 3.05) is 0 Å². The van der Waals surface area contributed by atoms with Gasteiger partial charge in [0.15, 0.2) is 5.82 Å². The van der Waals surface area contributed by atoms with Crippen molar-refractivity contribution in [3.8, 4) is 5.82 Å². The van der Waals surface area contributed by atoms with Crippen molar-refractivity contribution in [3.05, 3.63) is 34.8 Å². The largest absolute Gasteiger partial charge is 0.360 e. The highest BCUT2D eigenvalue weighted by molar-refractivity contribution is 5.82. The van der Waals surface area contributed by atoms with E-state index >= 15 is 0 Å². The molecule has 0 aliphatic carbocycles. The van der Waals surface area contributed by atoms with Gasteiger partial charge in [-0.1, -0.05) is 5.16 Å². The molecule has 5 heteroatoms. The van der Waals surface area contributed by atoms with Crippen molar-refractivity contribution in [3.63, 3.8) is 0 Å². The lowest BCUT2D eigenvalue weighted by atomic mass is 10.00. The van der Waals surface area contributed by atoms with Gasteiger partial charge in [-0.25, -0.2) is 0 Å². The Kier molecular flexibility index (Phi) is 4.28. The van der Waals surface area contributed by atoms with Gasteiger partial charge in [-0.05, 0) is 59.9 Å². The summed E-state index contributed by atoms with van der Waals surface area (Å²) in [6.07, 6.45) is 5.73. The summed E-state index contributed by atoms with van der Waals surface area (Å²) in [4.78, 5) is 0. The Morgan fingerprint density at radius 3 is 2.48 bits per heavy atom. The number of hydrazone groups is 1. The lowest BCUT2D eigenvalue weighted by molar-refractivity contribution is 0.109. The summed E-state index contributed by atoms with van der Waals surface area (Å²) in [5, 5.41) is 11.2. The van der Waals surface area contributed by atoms with E-state index in [-0.39, 0.29) is 0 Å². The molecule has 23 heavy (non-hydrogen) atoms. The van der Waals surface area contributed by atoms with Gasteiger partial charge < -0.3 is 4.52 Å². The molecule has 0 radical (unpaired) electrons. The molecule has 1 fully saturated rings. The molecule has 5 nitrogen and oxygen atoms in total. The number of nitrogens with zero attached hydrogens (tertiary/aromatic N) is 4. The molecule has 1 saturated heterocycles. The minimum atomic E-state index is 0.511. The van der Waals surface area contributed by atoms with Crippen LogP contribution in [0.4, 0.5) is 0 Å². The van der Waals surface area contributed by atoms with Crippen molar-refractivity contribution in [1.82, 2.24) is 14.7 Å². The molecule has 0 aromatic carbocycles. The molecule has 0 bridgehead atoms. The van der Waals surface area contributed by atoms with E-state index in [0.29, 0.717) is 12.1 Å². The normalized spacial score (nSPS) is 22.2. The Balaban J connectivity index is 1.88. The molecular formula is C18H26N4O. The first kappa shape index (κ1) is 15.8. The predicted octanol–water partition coefficient (Wildman–Crippen LogP) is 3.99. The first-order chi connectivity index (χ1) is 11.0. The first-order valence-corrected chi connectivity index (χ1v) is 8.42. The van der Waals surface area contributed by atoms with Gasteiger partial charge >= 0.3 is 0 Å². The van der Waals surface area contributed by atoms with Crippen LogP contribution in [0.15, 0.2) is 21.8 Å². The van der Waals surface area contributed by atoms with E-state index in [2.05, 4.69) is 48.5 Å². The van der Waals surface area contributed by atoms with Crippen LogP contribution < -0.4 is 0 Å². The summed E-state index contributed by atoms with van der Waals surface area (Å²) in [6, 6.07) is 5.13. The van der Waals surface area contributed by atoms with E-state index in [1.165, 1.54) is 19.3 Å². The van der Waals surface area contributed by atoms with E-state index in [1.54, 1.807) is 0 Å². The molecule has 3 heterocycles. The Morgan fingerprint density at radius 2 is 1.87 bits per heavy atom. The van der Waals surface area contributed by atoms with Gasteiger partial charge in [0.05, 0.1) is 6.21 Å². The maximum atomic E-state index is 5.21. The summed E-state index contributed by atoms with van der Waals surface area (Å²) >= 11 is 0. The van der Waals surface area contributed by atoms with Crippen LogP contribution in [0.3, 0.4) is 0 Å². The molecule has 0 saturated carbocycles. The summed E-state index contributed by atoms with van der Waals surface area (Å²) in [7, 11) is 0. The molecule has 2 atom stereocenters. The van der Waals surface area contributed by atoms with Gasteiger partial charge in [-0.2, -0.15) is 5.10 Å². The number of hydrogen-bond acceptors (Lipinski definition) is 4. The summed E-state index contributed by atoms with van der Waals surface area (Å²) < 4.78 is 7.32. The van der Waals surface area contributed by atoms with E-state index in [0.717, 1.165) is 28.5 Å². The van der Waals surface area contributed by atoms with Gasteiger partial charge in [0.2, 0.25) is 0 Å². The average Bonchev–Trinajstić information content (AvgIpc) is 3.02. The fourth-order valence-electron chi connectivity index (χ4n) is 3.49. The van der Waals surface area contributed by atoms with Gasteiger partial charge in [-0.15, -0.1) is 0 Å². The average molecular weight is 314 g/mol. The third kappa shape index (κ3) is 3.05. The molecule has 0 spiro atoms. The monoisotopic (exact) mass is 314 g/mol. The van der Waals surface area contributed by atoms with Crippen molar-refractivity contribution in [2.24, 2.45) is 5.10 Å². The zero-order valence-corrected chi connectivity index (χ0v) is 14.7. The number of hydrogen-bond donors (Lipinski definition) is 0. The van der Waals surface area contributed by atoms with Crippen LogP contribution in [-0.2, 0) is 0 Å². The SMILES string of the molecule is Cc1cc(-n2c(C)cc(/C=N\N3[C@@H](C)CCC[C@@H]3C)c2C)no1. The molecule has 0 N–H and O–H groups in total. The molecular weight excluding hydrogens is 288 g/mol. The molecule has 3 rings (SSSR count). The van der Waals surface area contributed by atoms with E-state index in [9.17, 15) is 0 Å². The molecule has 1 aliphatic rings. The fourth-order valence-corrected chi connectivity index (χ4v) is 3.49. The summed E-state index contributed by atoms with van der Waals surface area (Å²) in [6.45, 7) is 10.6. The topological polar surface area (TPSA) is 46.6 Å². The lowest BCUT2D eigenvalue weighted by Gasteiger charge is -2.36. The fraction of sp³-hybridized carbons (Fsp3) is 0.556. The Bertz CT molecular complexity index is 703. The Morgan fingerprint density at radius 1 is 1.17 bits per heavy atom. The van der Waals surface area contributed by atoms with Crippen LogP contribution in [0.2, 0.25) is 0 Å². The van der Waals surface area contributed by atoms with Crippen LogP contribution >= 0.6 is 0 Å². The molecule has 1 aliphatic heterocycles. The smallest absolute Gasteiger partial charge is 0.180 e. The second-order valence-corrected chi connectivity index (χ2v) is 6.71. The third-order valence-corrected chi connectivity index (χ3v) is 4.79. The highest BCUT2D eigenvalue weighted by Crippen LogP contribution is 2.24. The van der Waals surface area contributed by atoms with Crippen molar-refractivity contribution < 1.29 is 4.52 Å². The van der Waals surface area contributed by atoms with E-state index < -0.39 is 0 Å². The highest BCUT2D eigenvalue weighted by Gasteiger charge is 2.23. The highest BCUT2D eigenvalue weighted by atomic mass is 16.5. The van der Waals surface area contributed by atoms with Gasteiger partial charge in [0.1, 0.15) is 5.76 Å². The maximum Gasteiger partial charge on any atom is 0.180 e. The van der Waals surface area contributed by atoms with Crippen molar-refractivity contribution in [1.29, 1.82) is 0 Å². The van der Waals surface area contributed by atoms with Gasteiger partial charge in [-0.3, -0.25) is 9.58 Å². The Labute approximate surface area is 138 Å². The van der Waals surface area contributed by atoms with Gasteiger partial charge in [0, 0.05) is 35.1 Å². The first-order valence-electron chi connectivity index (χ1n) is 8.42. The summed E-state index contributed by atoms with van der Waals surface area (Å²) in [5.74, 6) is 1.65. The Hall–Kier alpha value is -2.04. The number of aryl methyl sites for hydroxylation is 2. The van der Waals surface area contributed by atoms with E-state index in [4.69, 9.17) is 9.62 Å². The second-order valence-electron chi connectivity index (χ2n) is 6.71. The molecule has 0 unspecified atom stereocenters. The van der Waals surface area contributed by atoms with E-state index in [1.807, 2.05) is 19.2 Å². The van der Waals surface area contributed by atoms with Crippen LogP contribution in [0.5, 0.6) is 0 Å². The predicted molar refractivity (Wildman–Crippen MR) is 92.2 cm³/mol. The van der Waals surface area contributed by atoms with Gasteiger partial charge in [0.25, 0.3) is 0 Å². The van der Waals surface area contributed by atoms with Crippen LogP contribution in [0.25, 0.3) is 5.82 Å². The quantitative estimate of drug-likeness (QED) is 0.805. The number of piperidine rings is 1. The zero-order valence-electron chi connectivity index (χ0n) is 14.7. The lowest BCUT2D eigenvalue weighted by Crippen LogP contribution is -2.39. The molecule has 2 aromatic rings. The third-order valence-electron chi connectivity index (χ3n) is 4.79. The molecule has 2 aromatic heterocycles. The number of aromatic nitrogens is 2. The van der Waals surface area contributed by atoms with Crippen molar-refractivity contribution in [2.45, 2.75) is 66.0 Å².